The predicted molar refractivity (Wildman–Crippen MR) is 105 cm³/mol. The summed E-state index contributed by atoms with van der Waals surface area (Å²) < 4.78 is 11.0. The first-order chi connectivity index (χ1) is 13.7. The number of carbonyl (C=O) groups excluding carboxylic acids is 2. The Bertz CT molecular complexity index is 917. The van der Waals surface area contributed by atoms with Crippen molar-refractivity contribution < 1.29 is 18.7 Å². The second-order valence-electron chi connectivity index (χ2n) is 6.14. The van der Waals surface area contributed by atoms with Crippen LogP contribution < -0.4 is 10.1 Å². The van der Waals surface area contributed by atoms with Crippen LogP contribution in [-0.2, 0) is 11.3 Å². The summed E-state index contributed by atoms with van der Waals surface area (Å²) in [7, 11) is 0. The molecule has 0 bridgehead atoms. The molecule has 0 saturated heterocycles. The van der Waals surface area contributed by atoms with E-state index in [1.165, 1.54) is 0 Å². The van der Waals surface area contributed by atoms with Gasteiger partial charge in [-0.3, -0.25) is 9.59 Å². The highest BCUT2D eigenvalue weighted by Gasteiger charge is 2.11. The third kappa shape index (κ3) is 5.30. The van der Waals surface area contributed by atoms with E-state index in [0.29, 0.717) is 23.8 Å². The largest absolute Gasteiger partial charge is 0.494 e. The standard InChI is InChI=1S/C22H22N2O4/c1-2-27-18-10-8-16(9-11-18)19(25)12-13-21(26)23-15-22-24-14-20(28-22)17-6-4-3-5-7-17/h3-11,14H,2,12-13,15H2,1H3,(H,23,26). The van der Waals surface area contributed by atoms with Crippen LogP contribution in [0.1, 0.15) is 36.0 Å². The Labute approximate surface area is 163 Å². The van der Waals surface area contributed by atoms with E-state index >= 15 is 0 Å². The molecule has 6 nitrogen and oxygen atoms in total. The molecule has 28 heavy (non-hydrogen) atoms. The van der Waals surface area contributed by atoms with E-state index in [1.54, 1.807) is 30.5 Å². The zero-order valence-corrected chi connectivity index (χ0v) is 15.7. The van der Waals surface area contributed by atoms with Crippen molar-refractivity contribution in [2.75, 3.05) is 6.61 Å². The van der Waals surface area contributed by atoms with Crippen molar-refractivity contribution in [1.29, 1.82) is 0 Å². The second-order valence-corrected chi connectivity index (χ2v) is 6.14. The number of rotatable bonds is 9. The molecule has 0 aliphatic heterocycles. The Morgan fingerprint density at radius 2 is 1.79 bits per heavy atom. The summed E-state index contributed by atoms with van der Waals surface area (Å²) in [6, 6.07) is 16.5. The molecule has 1 amide bonds. The van der Waals surface area contributed by atoms with Crippen LogP contribution in [-0.4, -0.2) is 23.3 Å². The van der Waals surface area contributed by atoms with Gasteiger partial charge in [0, 0.05) is 24.0 Å². The molecule has 0 saturated carbocycles. The minimum absolute atomic E-state index is 0.0827. The number of ether oxygens (including phenoxy) is 1. The lowest BCUT2D eigenvalue weighted by Gasteiger charge is -2.05. The van der Waals surface area contributed by atoms with Crippen molar-refractivity contribution in [1.82, 2.24) is 10.3 Å². The first kappa shape index (κ1) is 19.4. The van der Waals surface area contributed by atoms with Gasteiger partial charge >= 0.3 is 0 Å². The van der Waals surface area contributed by atoms with Crippen LogP contribution >= 0.6 is 0 Å². The highest BCUT2D eigenvalue weighted by atomic mass is 16.5. The minimum Gasteiger partial charge on any atom is -0.494 e. The topological polar surface area (TPSA) is 81.4 Å². The molecule has 0 unspecified atom stereocenters. The summed E-state index contributed by atoms with van der Waals surface area (Å²) in [5.74, 6) is 1.48. The van der Waals surface area contributed by atoms with Gasteiger partial charge in [-0.15, -0.1) is 0 Å². The number of ketones is 1. The molecule has 1 N–H and O–H groups in total. The van der Waals surface area contributed by atoms with E-state index in [0.717, 1.165) is 11.3 Å². The highest BCUT2D eigenvalue weighted by Crippen LogP contribution is 2.19. The molecule has 3 aromatic rings. The summed E-state index contributed by atoms with van der Waals surface area (Å²) in [6.45, 7) is 2.66. The summed E-state index contributed by atoms with van der Waals surface area (Å²) in [4.78, 5) is 28.4. The lowest BCUT2D eigenvalue weighted by Crippen LogP contribution is -2.23. The predicted octanol–water partition coefficient (Wildman–Crippen LogP) is 4.02. The zero-order valence-electron chi connectivity index (χ0n) is 15.7. The fraction of sp³-hybridized carbons (Fsp3) is 0.227. The van der Waals surface area contributed by atoms with Gasteiger partial charge in [0.1, 0.15) is 5.75 Å². The van der Waals surface area contributed by atoms with Crippen molar-refractivity contribution in [3.05, 3.63) is 72.2 Å². The molecule has 6 heteroatoms. The number of nitrogens with one attached hydrogen (secondary N) is 1. The SMILES string of the molecule is CCOc1ccc(C(=O)CCC(=O)NCc2ncc(-c3ccccc3)o2)cc1. The number of aromatic nitrogens is 1. The maximum atomic E-state index is 12.2. The molecule has 2 aromatic carbocycles. The van der Waals surface area contributed by atoms with Crippen molar-refractivity contribution in [2.24, 2.45) is 0 Å². The Morgan fingerprint density at radius 3 is 2.50 bits per heavy atom. The van der Waals surface area contributed by atoms with Gasteiger partial charge in [-0.05, 0) is 31.2 Å². The zero-order chi connectivity index (χ0) is 19.8. The van der Waals surface area contributed by atoms with E-state index in [4.69, 9.17) is 9.15 Å². The summed E-state index contributed by atoms with van der Waals surface area (Å²) in [6.07, 6.45) is 1.88. The van der Waals surface area contributed by atoms with Gasteiger partial charge in [-0.1, -0.05) is 30.3 Å². The summed E-state index contributed by atoms with van der Waals surface area (Å²) in [5.41, 5.74) is 1.49. The second kappa shape index (κ2) is 9.50. The van der Waals surface area contributed by atoms with E-state index < -0.39 is 0 Å². The number of benzene rings is 2. The molecule has 0 radical (unpaired) electrons. The number of carbonyl (C=O) groups is 2. The van der Waals surface area contributed by atoms with E-state index in [2.05, 4.69) is 10.3 Å². The number of hydrogen-bond donors (Lipinski definition) is 1. The number of oxazole rings is 1. The molecule has 0 spiro atoms. The van der Waals surface area contributed by atoms with Gasteiger partial charge in [-0.2, -0.15) is 0 Å². The fourth-order valence-electron chi connectivity index (χ4n) is 2.67. The molecule has 0 fully saturated rings. The first-order valence-electron chi connectivity index (χ1n) is 9.18. The maximum absolute atomic E-state index is 12.2. The molecule has 0 atom stereocenters. The van der Waals surface area contributed by atoms with Gasteiger partial charge in [0.05, 0.1) is 19.3 Å². The van der Waals surface area contributed by atoms with Crippen LogP contribution in [0.25, 0.3) is 11.3 Å². The van der Waals surface area contributed by atoms with Crippen LogP contribution in [0, 0.1) is 0 Å². The maximum Gasteiger partial charge on any atom is 0.220 e. The molecular weight excluding hydrogens is 356 g/mol. The normalized spacial score (nSPS) is 10.5. The Hall–Kier alpha value is -3.41. The van der Waals surface area contributed by atoms with Gasteiger partial charge in [-0.25, -0.2) is 4.98 Å². The van der Waals surface area contributed by atoms with Crippen LogP contribution in [0.2, 0.25) is 0 Å². The molecular formula is C22H22N2O4. The third-order valence-corrected chi connectivity index (χ3v) is 4.12. The van der Waals surface area contributed by atoms with Crippen molar-refractivity contribution >= 4 is 11.7 Å². The van der Waals surface area contributed by atoms with E-state index in [1.807, 2.05) is 37.3 Å². The minimum atomic E-state index is -0.223. The molecule has 3 rings (SSSR count). The summed E-state index contributed by atoms with van der Waals surface area (Å²) in [5, 5.41) is 2.73. The summed E-state index contributed by atoms with van der Waals surface area (Å²) >= 11 is 0. The molecule has 0 aliphatic carbocycles. The molecule has 144 valence electrons. The quantitative estimate of drug-likeness (QED) is 0.569. The van der Waals surface area contributed by atoms with Crippen LogP contribution in [0.3, 0.4) is 0 Å². The van der Waals surface area contributed by atoms with Gasteiger partial charge in [0.25, 0.3) is 0 Å². The lowest BCUT2D eigenvalue weighted by molar-refractivity contribution is -0.121. The molecule has 0 aliphatic rings. The average Bonchev–Trinajstić information content (AvgIpc) is 3.21. The molecule has 1 heterocycles. The monoisotopic (exact) mass is 378 g/mol. The van der Waals surface area contributed by atoms with Gasteiger partial charge < -0.3 is 14.5 Å². The lowest BCUT2D eigenvalue weighted by atomic mass is 10.1. The number of hydrogen-bond acceptors (Lipinski definition) is 5. The Kier molecular flexibility index (Phi) is 6.57. The number of nitrogens with zero attached hydrogens (tertiary/aromatic N) is 1. The highest BCUT2D eigenvalue weighted by molar-refractivity contribution is 5.98. The van der Waals surface area contributed by atoms with Crippen LogP contribution in [0.4, 0.5) is 0 Å². The van der Waals surface area contributed by atoms with Crippen LogP contribution in [0.15, 0.2) is 65.2 Å². The van der Waals surface area contributed by atoms with Crippen molar-refractivity contribution in [2.45, 2.75) is 26.3 Å². The van der Waals surface area contributed by atoms with Crippen molar-refractivity contribution in [3.8, 4) is 17.1 Å². The smallest absolute Gasteiger partial charge is 0.220 e. The van der Waals surface area contributed by atoms with Gasteiger partial charge in [0.2, 0.25) is 11.8 Å². The Morgan fingerprint density at radius 1 is 1.04 bits per heavy atom. The Balaban J connectivity index is 1.44. The number of Topliss-reactive ketones (excluding diaryl/α,β-unsaturated/α-hetero) is 1. The van der Waals surface area contributed by atoms with E-state index in [9.17, 15) is 9.59 Å². The van der Waals surface area contributed by atoms with Gasteiger partial charge in [0.15, 0.2) is 11.5 Å². The van der Waals surface area contributed by atoms with E-state index in [-0.39, 0.29) is 31.1 Å². The van der Waals surface area contributed by atoms with Crippen molar-refractivity contribution in [3.63, 3.8) is 0 Å². The molecule has 1 aromatic heterocycles. The third-order valence-electron chi connectivity index (χ3n) is 4.12. The number of amides is 1. The van der Waals surface area contributed by atoms with Crippen LogP contribution in [0.5, 0.6) is 5.75 Å². The first-order valence-corrected chi connectivity index (χ1v) is 9.18. The average molecular weight is 378 g/mol. The fourth-order valence-corrected chi connectivity index (χ4v) is 2.67.